The van der Waals surface area contributed by atoms with E-state index in [2.05, 4.69) is 42.7 Å². The Morgan fingerprint density at radius 3 is 2.65 bits per heavy atom. The maximum Gasteiger partial charge on any atom is 0.274 e. The Hall–Kier alpha value is -1.40. The third-order valence-corrected chi connectivity index (χ3v) is 5.59. The lowest BCUT2D eigenvalue weighted by Gasteiger charge is -2.32. The van der Waals surface area contributed by atoms with Crippen molar-refractivity contribution in [2.24, 2.45) is 5.92 Å². The molecule has 6 heteroatoms. The average molecular weight is 362 g/mol. The Morgan fingerprint density at radius 1 is 1.27 bits per heavy atom. The number of likely N-dealkylation sites (N-methyl/N-ethyl adjacent to an activating group) is 1. The molecule has 1 aromatic heterocycles. The Kier molecular flexibility index (Phi) is 6.35. The highest BCUT2D eigenvalue weighted by Crippen LogP contribution is 2.26. The van der Waals surface area contributed by atoms with Gasteiger partial charge >= 0.3 is 0 Å². The van der Waals surface area contributed by atoms with Gasteiger partial charge in [0.1, 0.15) is 0 Å². The first-order valence-electron chi connectivity index (χ1n) is 10.3. The van der Waals surface area contributed by atoms with Crippen LogP contribution in [0.25, 0.3) is 0 Å². The molecular formula is C20H35N5O. The molecule has 6 nitrogen and oxygen atoms in total. The summed E-state index contributed by atoms with van der Waals surface area (Å²) >= 11 is 0. The molecule has 2 aliphatic rings. The Balaban J connectivity index is 1.80. The van der Waals surface area contributed by atoms with Crippen LogP contribution in [0.15, 0.2) is 0 Å². The van der Waals surface area contributed by atoms with Crippen LogP contribution in [-0.2, 0) is 19.4 Å². The second-order valence-electron chi connectivity index (χ2n) is 8.33. The Labute approximate surface area is 157 Å². The van der Waals surface area contributed by atoms with Crippen LogP contribution >= 0.6 is 0 Å². The van der Waals surface area contributed by atoms with Crippen molar-refractivity contribution >= 4 is 5.91 Å². The minimum Gasteiger partial charge on any atom is -0.335 e. The summed E-state index contributed by atoms with van der Waals surface area (Å²) in [6.45, 7) is 12.1. The van der Waals surface area contributed by atoms with Crippen LogP contribution in [0, 0.1) is 5.92 Å². The largest absolute Gasteiger partial charge is 0.335 e. The minimum atomic E-state index is 0.133. The van der Waals surface area contributed by atoms with Gasteiger partial charge in [-0.25, -0.2) is 0 Å². The van der Waals surface area contributed by atoms with Crippen LogP contribution in [-0.4, -0.2) is 71.3 Å². The smallest absolute Gasteiger partial charge is 0.274 e. The number of amides is 1. The molecule has 1 N–H and O–H groups in total. The number of hydrogen-bond donors (Lipinski definition) is 1. The third-order valence-electron chi connectivity index (χ3n) is 5.59. The zero-order valence-corrected chi connectivity index (χ0v) is 16.9. The molecule has 1 aliphatic heterocycles. The quantitative estimate of drug-likeness (QED) is 0.839. The van der Waals surface area contributed by atoms with E-state index in [1.807, 2.05) is 4.90 Å². The maximum atomic E-state index is 13.2. The van der Waals surface area contributed by atoms with Crippen molar-refractivity contribution < 1.29 is 4.79 Å². The topological polar surface area (TPSA) is 53.4 Å². The standard InChI is InChI=1S/C20H35N5O/c1-5-8-25-18-7-6-16(21-14-15(2)3)13-17(18)19(22-25)20(26)24-11-9-23(4)10-12-24/h15-16,21H,5-14H2,1-4H3. The lowest BCUT2D eigenvalue weighted by atomic mass is 9.90. The monoisotopic (exact) mass is 361 g/mol. The predicted octanol–water partition coefficient (Wildman–Crippen LogP) is 1.78. The van der Waals surface area contributed by atoms with Crippen molar-refractivity contribution in [3.63, 3.8) is 0 Å². The molecule has 1 amide bonds. The van der Waals surface area contributed by atoms with Crippen molar-refractivity contribution in [3.05, 3.63) is 17.0 Å². The van der Waals surface area contributed by atoms with Gasteiger partial charge in [0, 0.05) is 50.0 Å². The molecule has 1 aliphatic carbocycles. The first-order valence-corrected chi connectivity index (χ1v) is 10.3. The fraction of sp³-hybridized carbons (Fsp3) is 0.800. The highest BCUT2D eigenvalue weighted by molar-refractivity contribution is 5.94. The summed E-state index contributed by atoms with van der Waals surface area (Å²) in [6.07, 6.45) is 4.14. The third kappa shape index (κ3) is 4.29. The maximum absolute atomic E-state index is 13.2. The van der Waals surface area contributed by atoms with E-state index in [1.165, 1.54) is 11.3 Å². The summed E-state index contributed by atoms with van der Waals surface area (Å²) in [7, 11) is 2.12. The fourth-order valence-corrected chi connectivity index (χ4v) is 3.99. The number of fused-ring (bicyclic) bond motifs is 1. The number of carbonyl (C=O) groups is 1. The zero-order valence-electron chi connectivity index (χ0n) is 16.9. The zero-order chi connectivity index (χ0) is 18.7. The van der Waals surface area contributed by atoms with Crippen molar-refractivity contribution in [2.75, 3.05) is 39.8 Å². The second-order valence-corrected chi connectivity index (χ2v) is 8.33. The summed E-state index contributed by atoms with van der Waals surface area (Å²) in [5, 5.41) is 8.48. The summed E-state index contributed by atoms with van der Waals surface area (Å²) in [5.41, 5.74) is 3.22. The van der Waals surface area contributed by atoms with E-state index < -0.39 is 0 Å². The van der Waals surface area contributed by atoms with Crippen molar-refractivity contribution in [3.8, 4) is 0 Å². The van der Waals surface area contributed by atoms with Gasteiger partial charge in [-0.05, 0) is 45.2 Å². The molecule has 1 fully saturated rings. The second kappa shape index (κ2) is 8.53. The molecule has 1 aromatic rings. The number of carbonyl (C=O) groups excluding carboxylic acids is 1. The van der Waals surface area contributed by atoms with Gasteiger partial charge in [-0.3, -0.25) is 9.48 Å². The van der Waals surface area contributed by atoms with Gasteiger partial charge in [0.25, 0.3) is 5.91 Å². The van der Waals surface area contributed by atoms with Crippen molar-refractivity contribution in [1.29, 1.82) is 0 Å². The van der Waals surface area contributed by atoms with E-state index in [1.54, 1.807) is 0 Å². The molecule has 3 rings (SSSR count). The van der Waals surface area contributed by atoms with Gasteiger partial charge in [-0.2, -0.15) is 5.10 Å². The molecule has 1 atom stereocenters. The summed E-state index contributed by atoms with van der Waals surface area (Å²) in [4.78, 5) is 17.4. The summed E-state index contributed by atoms with van der Waals surface area (Å²) in [6, 6.07) is 0.461. The molecular weight excluding hydrogens is 326 g/mol. The molecule has 0 radical (unpaired) electrons. The molecule has 0 spiro atoms. The van der Waals surface area contributed by atoms with Crippen LogP contribution in [0.1, 0.15) is 55.4 Å². The highest BCUT2D eigenvalue weighted by atomic mass is 16.2. The molecule has 0 bridgehead atoms. The van der Waals surface area contributed by atoms with E-state index in [-0.39, 0.29) is 5.91 Å². The van der Waals surface area contributed by atoms with Crippen LogP contribution in [0.4, 0.5) is 0 Å². The summed E-state index contributed by atoms with van der Waals surface area (Å²) in [5.74, 6) is 0.777. The number of hydrogen-bond acceptors (Lipinski definition) is 4. The molecule has 1 saturated heterocycles. The number of piperazine rings is 1. The van der Waals surface area contributed by atoms with Crippen LogP contribution in [0.3, 0.4) is 0 Å². The average Bonchev–Trinajstić information content (AvgIpc) is 2.98. The Bertz CT molecular complexity index is 616. The van der Waals surface area contributed by atoms with E-state index >= 15 is 0 Å². The number of aryl methyl sites for hydroxylation is 1. The van der Waals surface area contributed by atoms with Crippen LogP contribution in [0.5, 0.6) is 0 Å². The lowest BCUT2D eigenvalue weighted by molar-refractivity contribution is 0.0656. The molecule has 1 unspecified atom stereocenters. The lowest BCUT2D eigenvalue weighted by Crippen LogP contribution is -2.47. The van der Waals surface area contributed by atoms with Gasteiger partial charge in [0.05, 0.1) is 0 Å². The predicted molar refractivity (Wildman–Crippen MR) is 105 cm³/mol. The molecule has 146 valence electrons. The van der Waals surface area contributed by atoms with E-state index in [0.717, 1.165) is 65.0 Å². The van der Waals surface area contributed by atoms with E-state index in [0.29, 0.717) is 17.7 Å². The Morgan fingerprint density at radius 2 is 2.00 bits per heavy atom. The fourth-order valence-electron chi connectivity index (χ4n) is 3.99. The van der Waals surface area contributed by atoms with Gasteiger partial charge in [-0.15, -0.1) is 0 Å². The van der Waals surface area contributed by atoms with Gasteiger partial charge in [0.2, 0.25) is 0 Å². The van der Waals surface area contributed by atoms with Crippen molar-refractivity contribution in [1.82, 2.24) is 24.9 Å². The first kappa shape index (κ1) is 19.4. The number of aromatic nitrogens is 2. The molecule has 2 heterocycles. The molecule has 26 heavy (non-hydrogen) atoms. The first-order chi connectivity index (χ1) is 12.5. The van der Waals surface area contributed by atoms with E-state index in [4.69, 9.17) is 5.10 Å². The number of nitrogens with one attached hydrogen (secondary N) is 1. The van der Waals surface area contributed by atoms with Crippen LogP contribution in [0.2, 0.25) is 0 Å². The highest BCUT2D eigenvalue weighted by Gasteiger charge is 2.31. The minimum absolute atomic E-state index is 0.133. The van der Waals surface area contributed by atoms with Gasteiger partial charge in [0.15, 0.2) is 5.69 Å². The van der Waals surface area contributed by atoms with E-state index in [9.17, 15) is 4.79 Å². The van der Waals surface area contributed by atoms with Crippen LogP contribution < -0.4 is 5.32 Å². The molecule has 0 saturated carbocycles. The number of rotatable bonds is 6. The summed E-state index contributed by atoms with van der Waals surface area (Å²) < 4.78 is 2.11. The van der Waals surface area contributed by atoms with Crippen molar-refractivity contribution in [2.45, 2.75) is 59.0 Å². The normalized spacial score (nSPS) is 21.3. The SMILES string of the molecule is CCCn1nc(C(=O)N2CCN(C)CC2)c2c1CCC(NCC(C)C)C2. The van der Waals surface area contributed by atoms with Gasteiger partial charge < -0.3 is 15.1 Å². The van der Waals surface area contributed by atoms with Gasteiger partial charge in [-0.1, -0.05) is 20.8 Å². The molecule has 0 aromatic carbocycles. The number of nitrogens with zero attached hydrogens (tertiary/aromatic N) is 4.